The average molecular weight is 270 g/mol. The number of aryl methyl sites for hydroxylation is 2. The van der Waals surface area contributed by atoms with Crippen LogP contribution in [0, 0.1) is 13.8 Å². The van der Waals surface area contributed by atoms with Gasteiger partial charge >= 0.3 is 0 Å². The van der Waals surface area contributed by atoms with Crippen molar-refractivity contribution in [1.82, 2.24) is 0 Å². The second-order valence-electron chi connectivity index (χ2n) is 5.66. The zero-order valence-electron chi connectivity index (χ0n) is 12.3. The zero-order valence-corrected chi connectivity index (χ0v) is 12.3. The van der Waals surface area contributed by atoms with Gasteiger partial charge in [0.1, 0.15) is 0 Å². The Kier molecular flexibility index (Phi) is 4.26. The van der Waals surface area contributed by atoms with Gasteiger partial charge in [-0.2, -0.15) is 0 Å². The third-order valence-corrected chi connectivity index (χ3v) is 3.98. The number of hydrogen-bond donors (Lipinski definition) is 2. The molecule has 2 heteroatoms. The summed E-state index contributed by atoms with van der Waals surface area (Å²) in [5, 5.41) is 20.6. The molecule has 0 heterocycles. The Hall–Kier alpha value is -1.64. The first-order valence-electron chi connectivity index (χ1n) is 6.92. The summed E-state index contributed by atoms with van der Waals surface area (Å²) in [7, 11) is 0. The molecule has 2 nitrogen and oxygen atoms in total. The normalized spacial score (nSPS) is 15.7. The van der Waals surface area contributed by atoms with E-state index in [4.69, 9.17) is 0 Å². The first-order valence-corrected chi connectivity index (χ1v) is 6.92. The summed E-state index contributed by atoms with van der Waals surface area (Å²) in [6, 6.07) is 15.8. The quantitative estimate of drug-likeness (QED) is 0.895. The highest BCUT2D eigenvalue weighted by Crippen LogP contribution is 2.36. The zero-order chi connectivity index (χ0) is 14.8. The minimum absolute atomic E-state index is 0.0933. The third kappa shape index (κ3) is 2.92. The standard InChI is InChI=1S/C18H22O2/c1-13-4-8-15(9-5-13)17(12-19)18(3,20)16-10-6-14(2)7-11-16/h4-11,17,19-20H,12H2,1-3H3. The molecule has 0 saturated heterocycles. The van der Waals surface area contributed by atoms with E-state index >= 15 is 0 Å². The lowest BCUT2D eigenvalue weighted by molar-refractivity contribution is 0.00581. The Morgan fingerprint density at radius 3 is 1.80 bits per heavy atom. The molecule has 2 unspecified atom stereocenters. The van der Waals surface area contributed by atoms with Gasteiger partial charge in [0.25, 0.3) is 0 Å². The van der Waals surface area contributed by atoms with Crippen LogP contribution in [-0.4, -0.2) is 16.8 Å². The van der Waals surface area contributed by atoms with Gasteiger partial charge < -0.3 is 10.2 Å². The predicted molar refractivity (Wildman–Crippen MR) is 81.8 cm³/mol. The van der Waals surface area contributed by atoms with E-state index in [-0.39, 0.29) is 12.5 Å². The van der Waals surface area contributed by atoms with Crippen LogP contribution in [0.1, 0.15) is 35.1 Å². The highest BCUT2D eigenvalue weighted by molar-refractivity contribution is 5.33. The Labute approximate surface area is 120 Å². The molecule has 0 aliphatic rings. The van der Waals surface area contributed by atoms with Gasteiger partial charge in [-0.15, -0.1) is 0 Å². The minimum atomic E-state index is -1.10. The molecule has 0 radical (unpaired) electrons. The van der Waals surface area contributed by atoms with Crippen LogP contribution >= 0.6 is 0 Å². The molecule has 20 heavy (non-hydrogen) atoms. The van der Waals surface area contributed by atoms with Crippen molar-refractivity contribution in [2.24, 2.45) is 0 Å². The summed E-state index contributed by atoms with van der Waals surface area (Å²) in [6.07, 6.45) is 0. The molecule has 2 atom stereocenters. The van der Waals surface area contributed by atoms with Crippen molar-refractivity contribution in [2.75, 3.05) is 6.61 Å². The highest BCUT2D eigenvalue weighted by atomic mass is 16.3. The second kappa shape index (κ2) is 5.78. The molecule has 0 fully saturated rings. The third-order valence-electron chi connectivity index (χ3n) is 3.98. The molecule has 0 aromatic heterocycles. The van der Waals surface area contributed by atoms with Crippen LogP contribution in [0.25, 0.3) is 0 Å². The van der Waals surface area contributed by atoms with Crippen molar-refractivity contribution in [3.8, 4) is 0 Å². The van der Waals surface area contributed by atoms with E-state index in [0.29, 0.717) is 0 Å². The van der Waals surface area contributed by atoms with Gasteiger partial charge in [-0.1, -0.05) is 59.7 Å². The van der Waals surface area contributed by atoms with E-state index in [0.717, 1.165) is 16.7 Å². The fraction of sp³-hybridized carbons (Fsp3) is 0.333. The molecule has 106 valence electrons. The molecule has 0 saturated carbocycles. The number of hydrogen-bond acceptors (Lipinski definition) is 2. The maximum absolute atomic E-state index is 10.9. The van der Waals surface area contributed by atoms with Gasteiger partial charge in [0.05, 0.1) is 12.2 Å². The van der Waals surface area contributed by atoms with Gasteiger partial charge in [-0.05, 0) is 31.9 Å². The Morgan fingerprint density at radius 1 is 0.900 bits per heavy atom. The van der Waals surface area contributed by atoms with Crippen molar-refractivity contribution in [2.45, 2.75) is 32.3 Å². The van der Waals surface area contributed by atoms with Crippen LogP contribution in [-0.2, 0) is 5.60 Å². The van der Waals surface area contributed by atoms with E-state index in [9.17, 15) is 10.2 Å². The van der Waals surface area contributed by atoms with Crippen LogP contribution in [0.3, 0.4) is 0 Å². The second-order valence-corrected chi connectivity index (χ2v) is 5.66. The molecule has 0 spiro atoms. The summed E-state index contributed by atoms with van der Waals surface area (Å²) in [6.45, 7) is 5.71. The van der Waals surface area contributed by atoms with Gasteiger partial charge in [-0.25, -0.2) is 0 Å². The summed E-state index contributed by atoms with van der Waals surface area (Å²) < 4.78 is 0. The molecular weight excluding hydrogens is 248 g/mol. The monoisotopic (exact) mass is 270 g/mol. The van der Waals surface area contributed by atoms with E-state index in [1.807, 2.05) is 62.4 Å². The fourth-order valence-electron chi connectivity index (χ4n) is 2.50. The summed E-state index contributed by atoms with van der Waals surface area (Å²) in [5.74, 6) is -0.342. The molecule has 0 amide bonds. The van der Waals surface area contributed by atoms with Crippen LogP contribution < -0.4 is 0 Å². The molecular formula is C18H22O2. The number of aliphatic hydroxyl groups is 2. The van der Waals surface area contributed by atoms with Crippen molar-refractivity contribution in [1.29, 1.82) is 0 Å². The van der Waals surface area contributed by atoms with Crippen molar-refractivity contribution in [3.63, 3.8) is 0 Å². The topological polar surface area (TPSA) is 40.5 Å². The van der Waals surface area contributed by atoms with Gasteiger partial charge in [0.15, 0.2) is 0 Å². The van der Waals surface area contributed by atoms with Crippen molar-refractivity contribution in [3.05, 3.63) is 70.8 Å². The van der Waals surface area contributed by atoms with E-state index in [1.54, 1.807) is 6.92 Å². The minimum Gasteiger partial charge on any atom is -0.396 e. The van der Waals surface area contributed by atoms with E-state index in [2.05, 4.69) is 0 Å². The van der Waals surface area contributed by atoms with Gasteiger partial charge in [0, 0.05) is 5.92 Å². The summed E-state index contributed by atoms with van der Waals surface area (Å²) in [5.41, 5.74) is 2.99. The smallest absolute Gasteiger partial charge is 0.0958 e. The van der Waals surface area contributed by atoms with E-state index in [1.165, 1.54) is 5.56 Å². The van der Waals surface area contributed by atoms with Crippen LogP contribution in [0.5, 0.6) is 0 Å². The first-order chi connectivity index (χ1) is 9.45. The molecule has 2 aromatic carbocycles. The van der Waals surface area contributed by atoms with E-state index < -0.39 is 5.60 Å². The van der Waals surface area contributed by atoms with Crippen molar-refractivity contribution >= 4 is 0 Å². The van der Waals surface area contributed by atoms with Gasteiger partial charge in [-0.3, -0.25) is 0 Å². The number of rotatable bonds is 4. The van der Waals surface area contributed by atoms with Crippen LogP contribution in [0.15, 0.2) is 48.5 Å². The Bertz CT molecular complexity index is 553. The van der Waals surface area contributed by atoms with Gasteiger partial charge in [0.2, 0.25) is 0 Å². The average Bonchev–Trinajstić information content (AvgIpc) is 2.42. The summed E-state index contributed by atoms with van der Waals surface area (Å²) in [4.78, 5) is 0. The maximum atomic E-state index is 10.9. The largest absolute Gasteiger partial charge is 0.396 e. The van der Waals surface area contributed by atoms with Crippen molar-refractivity contribution < 1.29 is 10.2 Å². The SMILES string of the molecule is Cc1ccc(C(CO)C(C)(O)c2ccc(C)cc2)cc1. The fourth-order valence-corrected chi connectivity index (χ4v) is 2.50. The molecule has 0 aliphatic carbocycles. The molecule has 0 aliphatic heterocycles. The lowest BCUT2D eigenvalue weighted by Gasteiger charge is -2.33. The molecule has 2 rings (SSSR count). The predicted octanol–water partition coefficient (Wildman–Crippen LogP) is 3.29. The van der Waals surface area contributed by atoms with Crippen LogP contribution in [0.2, 0.25) is 0 Å². The lowest BCUT2D eigenvalue weighted by Crippen LogP contribution is -2.32. The Balaban J connectivity index is 2.38. The maximum Gasteiger partial charge on any atom is 0.0958 e. The molecule has 0 bridgehead atoms. The highest BCUT2D eigenvalue weighted by Gasteiger charge is 2.34. The summed E-state index contributed by atoms with van der Waals surface area (Å²) >= 11 is 0. The number of aliphatic hydroxyl groups excluding tert-OH is 1. The Morgan fingerprint density at radius 2 is 1.35 bits per heavy atom. The van der Waals surface area contributed by atoms with Crippen LogP contribution in [0.4, 0.5) is 0 Å². The molecule has 2 aromatic rings. The first kappa shape index (κ1) is 14.8. The number of benzene rings is 2. The lowest BCUT2D eigenvalue weighted by atomic mass is 9.79. The molecule has 2 N–H and O–H groups in total.